The molecule has 6 nitrogen and oxygen atoms in total. The van der Waals surface area contributed by atoms with Gasteiger partial charge in [-0.2, -0.15) is 34.8 Å². The second-order valence-electron chi connectivity index (χ2n) is 9.31. The van der Waals surface area contributed by atoms with Gasteiger partial charge in [0.1, 0.15) is 5.75 Å². The minimum absolute atomic E-state index is 0. The van der Waals surface area contributed by atoms with Crippen LogP contribution in [0.2, 0.25) is 5.02 Å². The summed E-state index contributed by atoms with van der Waals surface area (Å²) in [6.07, 6.45) is 11.9. The minimum atomic E-state index is 0. The number of allylic oxidation sites excluding steroid dienone is 2. The standard InChI is InChI=1S/C12H16O2.C10H10ClN2.C7H13N.C5H7NS.K/c1-4-5-10-6-7-11(9(2)13)12(8-10)14-3;1-2-3-7-4-5-9-8(10(7)11)6-12-13-9;1-5-6(2)7(3)8-4;1-2-5-6-3-4-7-5;/h6-8H,4-5H2,1-3H3;3-6H,2H2,1H3,(H,12,13);5H,1-4H3;3-4H,2H2,1H3;/q;-1;;;+1/b;;6-5-,8-7?;;. The molecule has 9 heteroatoms. The van der Waals surface area contributed by atoms with Crippen LogP contribution in [0.1, 0.15) is 87.8 Å². The Bertz CT molecular complexity index is 1400. The summed E-state index contributed by atoms with van der Waals surface area (Å²) >= 11 is 7.88. The Balaban J connectivity index is 0.000000564. The largest absolute Gasteiger partial charge is 1.00 e. The molecule has 1 N–H and O–H groups in total. The van der Waals surface area contributed by atoms with Crippen LogP contribution < -0.4 is 56.1 Å². The van der Waals surface area contributed by atoms with Crippen LogP contribution >= 0.6 is 22.9 Å². The van der Waals surface area contributed by atoms with Crippen LogP contribution in [0.4, 0.5) is 0 Å². The van der Waals surface area contributed by atoms with E-state index in [4.69, 9.17) is 16.3 Å². The van der Waals surface area contributed by atoms with E-state index in [1.807, 2.05) is 62.8 Å². The van der Waals surface area contributed by atoms with Gasteiger partial charge in [0.25, 0.3) is 0 Å². The van der Waals surface area contributed by atoms with Crippen molar-refractivity contribution in [3.8, 4) is 5.75 Å². The van der Waals surface area contributed by atoms with Crippen molar-refractivity contribution in [1.82, 2.24) is 15.2 Å². The zero-order valence-corrected chi connectivity index (χ0v) is 32.2. The molecule has 0 aliphatic rings. The molecule has 0 aliphatic carbocycles. The van der Waals surface area contributed by atoms with E-state index in [1.54, 1.807) is 31.6 Å². The molecule has 0 fully saturated rings. The summed E-state index contributed by atoms with van der Waals surface area (Å²) in [7, 11) is 3.40. The Morgan fingerprint density at radius 3 is 2.35 bits per heavy atom. The average molecular weight is 649 g/mol. The van der Waals surface area contributed by atoms with E-state index in [9.17, 15) is 4.79 Å². The number of carbonyl (C=O) groups is 1. The molecule has 0 saturated carbocycles. The summed E-state index contributed by atoms with van der Waals surface area (Å²) in [5, 5.41) is 11.8. The Hall–Kier alpha value is -1.78. The number of H-pyrrole nitrogens is 1. The smallest absolute Gasteiger partial charge is 0.496 e. The zero-order chi connectivity index (χ0) is 31.5. The molecular weight excluding hydrogens is 603 g/mol. The van der Waals surface area contributed by atoms with Gasteiger partial charge in [0.05, 0.1) is 17.7 Å². The molecule has 0 saturated heterocycles. The van der Waals surface area contributed by atoms with Gasteiger partial charge in [-0.25, -0.2) is 4.98 Å². The van der Waals surface area contributed by atoms with E-state index < -0.39 is 0 Å². The fourth-order valence-corrected chi connectivity index (χ4v) is 4.52. The first kappa shape index (κ1) is 41.2. The van der Waals surface area contributed by atoms with Crippen LogP contribution in [0.3, 0.4) is 0 Å². The van der Waals surface area contributed by atoms with Gasteiger partial charge >= 0.3 is 51.4 Å². The number of rotatable bonds is 8. The molecule has 0 unspecified atom stereocenters. The van der Waals surface area contributed by atoms with Crippen LogP contribution in [-0.2, 0) is 12.8 Å². The Morgan fingerprint density at radius 1 is 1.16 bits per heavy atom. The molecule has 2 aromatic heterocycles. The van der Waals surface area contributed by atoms with Crippen LogP contribution in [0.5, 0.6) is 5.75 Å². The summed E-state index contributed by atoms with van der Waals surface area (Å²) in [5.74, 6) is 0.730. The van der Waals surface area contributed by atoms with Crippen molar-refractivity contribution in [2.24, 2.45) is 4.99 Å². The minimum Gasteiger partial charge on any atom is -0.496 e. The number of hydrogen-bond donors (Lipinski definition) is 1. The molecule has 0 bridgehead atoms. The van der Waals surface area contributed by atoms with Gasteiger partial charge in [-0.15, -0.1) is 11.3 Å². The number of ketones is 1. The van der Waals surface area contributed by atoms with Gasteiger partial charge in [0.2, 0.25) is 0 Å². The van der Waals surface area contributed by atoms with Gasteiger partial charge in [-0.1, -0.05) is 56.8 Å². The SMILES string of the molecule is C/C=C(/C)C(C)=NC.CCCc1ccc(C(C)=O)c(OC)c1.CC[CH-]c1ccc2[nH]ncc2c1Cl.CCc1nccs1.[K+]. The van der Waals surface area contributed by atoms with Crippen LogP contribution in [0.25, 0.3) is 10.9 Å². The maximum atomic E-state index is 11.2. The molecule has 43 heavy (non-hydrogen) atoms. The van der Waals surface area contributed by atoms with Gasteiger partial charge in [-0.3, -0.25) is 14.9 Å². The number of ether oxygens (including phenoxy) is 1. The van der Waals surface area contributed by atoms with Crippen molar-refractivity contribution in [1.29, 1.82) is 0 Å². The quantitative estimate of drug-likeness (QED) is 0.0989. The average Bonchev–Trinajstić information content (AvgIpc) is 3.72. The summed E-state index contributed by atoms with van der Waals surface area (Å²) in [6.45, 7) is 14.0. The van der Waals surface area contributed by atoms with E-state index in [1.165, 1.54) is 16.1 Å². The van der Waals surface area contributed by atoms with Crippen molar-refractivity contribution in [3.05, 3.63) is 92.9 Å². The molecule has 0 aliphatic heterocycles. The van der Waals surface area contributed by atoms with E-state index in [-0.39, 0.29) is 57.2 Å². The van der Waals surface area contributed by atoms with Gasteiger partial charge in [0.15, 0.2) is 5.78 Å². The second kappa shape index (κ2) is 23.6. The maximum absolute atomic E-state index is 11.2. The Labute approximate surface area is 310 Å². The number of aromatic amines is 1. The predicted molar refractivity (Wildman–Crippen MR) is 182 cm³/mol. The predicted octanol–water partition coefficient (Wildman–Crippen LogP) is 6.78. The third-order valence-corrected chi connectivity index (χ3v) is 7.67. The summed E-state index contributed by atoms with van der Waals surface area (Å²) in [5.41, 5.74) is 6.32. The first-order chi connectivity index (χ1) is 20.2. The number of fused-ring (bicyclic) bond motifs is 1. The molecule has 4 aromatic rings. The van der Waals surface area contributed by atoms with Gasteiger partial charge in [0, 0.05) is 36.0 Å². The van der Waals surface area contributed by atoms with E-state index >= 15 is 0 Å². The number of methoxy groups -OCH3 is 1. The van der Waals surface area contributed by atoms with Crippen LogP contribution in [0.15, 0.2) is 64.7 Å². The summed E-state index contributed by atoms with van der Waals surface area (Å²) < 4.78 is 5.17. The number of aryl methyl sites for hydroxylation is 2. The first-order valence-corrected chi connectivity index (χ1v) is 15.5. The Morgan fingerprint density at radius 2 is 1.88 bits per heavy atom. The van der Waals surface area contributed by atoms with Crippen LogP contribution in [0, 0.1) is 6.42 Å². The van der Waals surface area contributed by atoms with E-state index in [0.29, 0.717) is 11.3 Å². The van der Waals surface area contributed by atoms with Gasteiger partial charge < -0.3 is 4.74 Å². The molecule has 0 spiro atoms. The molecule has 0 atom stereocenters. The summed E-state index contributed by atoms with van der Waals surface area (Å²) in [6, 6.07) is 9.78. The normalized spacial score (nSPS) is 10.7. The fourth-order valence-electron chi connectivity index (χ4n) is 3.66. The molecule has 0 radical (unpaired) electrons. The molecule has 2 heterocycles. The van der Waals surface area contributed by atoms with Crippen molar-refractivity contribution in [2.45, 2.75) is 74.1 Å². The monoisotopic (exact) mass is 648 g/mol. The van der Waals surface area contributed by atoms with Gasteiger partial charge in [-0.05, 0) is 69.2 Å². The molecule has 228 valence electrons. The van der Waals surface area contributed by atoms with Crippen LogP contribution in [-0.4, -0.2) is 40.8 Å². The van der Waals surface area contributed by atoms with Crippen molar-refractivity contribution < 1.29 is 60.9 Å². The topological polar surface area (TPSA) is 80.2 Å². The number of halogens is 1. The number of benzene rings is 2. The number of Topliss-reactive ketones (excluding diaryl/α,β-unsaturated/α-hetero) is 1. The number of aromatic nitrogens is 3. The number of thiazole rings is 1. The Kier molecular flexibility index (Phi) is 22.6. The second-order valence-corrected chi connectivity index (χ2v) is 10.7. The number of nitrogens with zero attached hydrogens (tertiary/aromatic N) is 3. The number of hydrogen-bond acceptors (Lipinski definition) is 6. The van der Waals surface area contributed by atoms with Crippen molar-refractivity contribution in [2.75, 3.05) is 14.2 Å². The zero-order valence-electron chi connectivity index (χ0n) is 27.5. The number of nitrogens with one attached hydrogen (secondary N) is 1. The third-order valence-electron chi connectivity index (χ3n) is 6.32. The van der Waals surface area contributed by atoms with Crippen molar-refractivity contribution >= 4 is 45.3 Å². The fraction of sp³-hybridized carbons (Fsp3) is 0.382. The molecular formula is C34H46ClKN4O2S. The maximum Gasteiger partial charge on any atom is 1.00 e. The molecule has 4 rings (SSSR count). The molecule has 0 amide bonds. The third kappa shape index (κ3) is 14.7. The van der Waals surface area contributed by atoms with Crippen molar-refractivity contribution in [3.63, 3.8) is 0 Å². The summed E-state index contributed by atoms with van der Waals surface area (Å²) in [4.78, 5) is 19.3. The molecule has 2 aromatic carbocycles. The first-order valence-electron chi connectivity index (χ1n) is 14.2. The van der Waals surface area contributed by atoms with E-state index in [0.717, 1.165) is 52.9 Å². The number of aliphatic imine (C=N–C) groups is 1. The van der Waals surface area contributed by atoms with E-state index in [2.05, 4.69) is 60.4 Å². The number of carbonyl (C=O) groups excluding carboxylic acids is 1.